The van der Waals surface area contributed by atoms with Gasteiger partial charge in [0.2, 0.25) is 0 Å². The van der Waals surface area contributed by atoms with Gasteiger partial charge in [0.15, 0.2) is 5.96 Å². The van der Waals surface area contributed by atoms with Crippen LogP contribution in [0, 0.1) is 17.6 Å². The first kappa shape index (κ1) is 15.5. The molecule has 1 aliphatic rings. The van der Waals surface area contributed by atoms with Gasteiger partial charge in [0.05, 0.1) is 5.69 Å². The van der Waals surface area contributed by atoms with Gasteiger partial charge in [0.1, 0.15) is 11.6 Å². The van der Waals surface area contributed by atoms with Gasteiger partial charge in [-0.2, -0.15) is 0 Å². The quantitative estimate of drug-likeness (QED) is 0.664. The van der Waals surface area contributed by atoms with Crippen LogP contribution in [0.25, 0.3) is 0 Å². The Morgan fingerprint density at radius 2 is 1.87 bits per heavy atom. The Balaban J connectivity index is 1.50. The normalized spacial score (nSPS) is 20.9. The van der Waals surface area contributed by atoms with E-state index in [4.69, 9.17) is 5.73 Å². The number of nitrogens with one attached hydrogen (secondary N) is 1. The maximum Gasteiger partial charge on any atom is 0.193 e. The zero-order valence-electron chi connectivity index (χ0n) is 12.7. The van der Waals surface area contributed by atoms with Crippen molar-refractivity contribution in [1.29, 1.82) is 0 Å². The molecule has 120 valence electrons. The number of nitrogens with zero attached hydrogens (tertiary/aromatic N) is 1. The van der Waals surface area contributed by atoms with E-state index in [-0.39, 0.29) is 11.6 Å². The summed E-state index contributed by atoms with van der Waals surface area (Å²) in [5, 5.41) is 2.61. The largest absolute Gasteiger partial charge is 0.370 e. The Hall–Kier alpha value is -2.43. The minimum Gasteiger partial charge on any atom is -0.370 e. The molecule has 0 spiro atoms. The van der Waals surface area contributed by atoms with Crippen molar-refractivity contribution in [2.75, 3.05) is 11.9 Å². The van der Waals surface area contributed by atoms with Gasteiger partial charge >= 0.3 is 0 Å². The van der Waals surface area contributed by atoms with E-state index in [1.54, 1.807) is 0 Å². The molecule has 3 N–H and O–H groups in total. The molecule has 1 saturated carbocycles. The number of anilines is 1. The molecule has 3 nitrogen and oxygen atoms in total. The topological polar surface area (TPSA) is 50.4 Å². The van der Waals surface area contributed by atoms with Gasteiger partial charge < -0.3 is 11.1 Å². The number of guanidine groups is 1. The molecule has 0 heterocycles. The van der Waals surface area contributed by atoms with E-state index in [0.29, 0.717) is 18.4 Å². The lowest BCUT2D eigenvalue weighted by Gasteiger charge is -2.34. The van der Waals surface area contributed by atoms with E-state index in [9.17, 15) is 8.78 Å². The van der Waals surface area contributed by atoms with Crippen LogP contribution >= 0.6 is 0 Å². The smallest absolute Gasteiger partial charge is 0.193 e. The van der Waals surface area contributed by atoms with Gasteiger partial charge in [-0.15, -0.1) is 0 Å². The Morgan fingerprint density at radius 1 is 1.13 bits per heavy atom. The van der Waals surface area contributed by atoms with Crippen LogP contribution in [0.4, 0.5) is 14.5 Å². The number of aliphatic imine (C=N–C) groups is 1. The molecule has 2 aromatic rings. The van der Waals surface area contributed by atoms with Crippen LogP contribution in [0.1, 0.15) is 24.3 Å². The Bertz CT molecular complexity index is 695. The van der Waals surface area contributed by atoms with E-state index >= 15 is 0 Å². The van der Waals surface area contributed by atoms with Crippen molar-refractivity contribution in [2.24, 2.45) is 16.6 Å². The van der Waals surface area contributed by atoms with Gasteiger partial charge in [0.25, 0.3) is 0 Å². The molecule has 5 heteroatoms. The van der Waals surface area contributed by atoms with Crippen LogP contribution in [-0.4, -0.2) is 12.5 Å². The lowest BCUT2D eigenvalue weighted by molar-refractivity contribution is 0.273. The second-order valence-electron chi connectivity index (χ2n) is 5.92. The summed E-state index contributed by atoms with van der Waals surface area (Å²) in [6.07, 6.45) is 2.16. The summed E-state index contributed by atoms with van der Waals surface area (Å²) in [5.74, 6) is 0.102. The zero-order chi connectivity index (χ0) is 16.2. The average Bonchev–Trinajstić information content (AvgIpc) is 2.50. The summed E-state index contributed by atoms with van der Waals surface area (Å²) in [7, 11) is 0. The van der Waals surface area contributed by atoms with Gasteiger partial charge in [-0.1, -0.05) is 30.3 Å². The molecule has 0 aliphatic heterocycles. The molecule has 0 radical (unpaired) electrons. The summed E-state index contributed by atoms with van der Waals surface area (Å²) < 4.78 is 26.6. The fourth-order valence-corrected chi connectivity index (χ4v) is 2.88. The molecule has 0 unspecified atom stereocenters. The molecule has 0 amide bonds. The molecule has 1 aliphatic carbocycles. The molecule has 23 heavy (non-hydrogen) atoms. The minimum atomic E-state index is -0.558. The first-order valence-corrected chi connectivity index (χ1v) is 7.69. The highest BCUT2D eigenvalue weighted by atomic mass is 19.1. The van der Waals surface area contributed by atoms with Crippen molar-refractivity contribution in [1.82, 2.24) is 0 Å². The minimum absolute atomic E-state index is 0.00187. The molecular weight excluding hydrogens is 296 g/mol. The van der Waals surface area contributed by atoms with E-state index in [1.165, 1.54) is 5.56 Å². The SMILES string of the molecule is NC(=NCC1CC(c2ccccc2)C1)Nc1cc(F)ccc1F. The predicted octanol–water partition coefficient (Wildman–Crippen LogP) is 3.89. The Morgan fingerprint density at radius 3 is 2.61 bits per heavy atom. The molecular formula is C18H19F2N3. The fourth-order valence-electron chi connectivity index (χ4n) is 2.88. The molecule has 2 aromatic carbocycles. The zero-order valence-corrected chi connectivity index (χ0v) is 12.7. The van der Waals surface area contributed by atoms with Crippen molar-refractivity contribution in [3.8, 4) is 0 Å². The summed E-state index contributed by atoms with van der Waals surface area (Å²) in [5.41, 5.74) is 7.11. The molecule has 0 bridgehead atoms. The van der Waals surface area contributed by atoms with Crippen LogP contribution in [0.15, 0.2) is 53.5 Å². The number of hydrogen-bond acceptors (Lipinski definition) is 1. The first-order valence-electron chi connectivity index (χ1n) is 7.69. The summed E-state index contributed by atoms with van der Waals surface area (Å²) in [4.78, 5) is 4.23. The van der Waals surface area contributed by atoms with E-state index in [1.807, 2.05) is 6.07 Å². The highest BCUT2D eigenvalue weighted by molar-refractivity contribution is 5.92. The van der Waals surface area contributed by atoms with Crippen molar-refractivity contribution in [3.05, 3.63) is 65.7 Å². The molecule has 0 aromatic heterocycles. The Kier molecular flexibility index (Phi) is 4.55. The molecule has 1 fully saturated rings. The third-order valence-corrected chi connectivity index (χ3v) is 4.22. The number of halogens is 2. The van der Waals surface area contributed by atoms with Crippen molar-refractivity contribution < 1.29 is 8.78 Å². The van der Waals surface area contributed by atoms with Crippen molar-refractivity contribution >= 4 is 11.6 Å². The molecule has 0 atom stereocenters. The van der Waals surface area contributed by atoms with Crippen LogP contribution in [0.2, 0.25) is 0 Å². The monoisotopic (exact) mass is 315 g/mol. The third-order valence-electron chi connectivity index (χ3n) is 4.22. The maximum absolute atomic E-state index is 13.5. The number of rotatable bonds is 4. The number of benzene rings is 2. The second kappa shape index (κ2) is 6.77. The molecule has 3 rings (SSSR count). The molecule has 0 saturated heterocycles. The van der Waals surface area contributed by atoms with E-state index < -0.39 is 11.6 Å². The predicted molar refractivity (Wildman–Crippen MR) is 88.4 cm³/mol. The van der Waals surface area contributed by atoms with Gasteiger partial charge in [-0.3, -0.25) is 4.99 Å². The van der Waals surface area contributed by atoms with E-state index in [0.717, 1.165) is 31.0 Å². The third kappa shape index (κ3) is 3.86. The van der Waals surface area contributed by atoms with E-state index in [2.05, 4.69) is 34.6 Å². The summed E-state index contributed by atoms with van der Waals surface area (Å²) in [6.45, 7) is 0.596. The van der Waals surface area contributed by atoms with Gasteiger partial charge in [0, 0.05) is 12.6 Å². The number of nitrogens with two attached hydrogens (primary N) is 1. The standard InChI is InChI=1S/C18H19F2N3/c19-15-6-7-16(20)17(10-15)23-18(21)22-11-12-8-14(9-12)13-4-2-1-3-5-13/h1-7,10,12,14H,8-9,11H2,(H3,21,22,23). The van der Waals surface area contributed by atoms with Gasteiger partial charge in [-0.25, -0.2) is 8.78 Å². The summed E-state index contributed by atoms with van der Waals surface area (Å²) >= 11 is 0. The van der Waals surface area contributed by atoms with Crippen molar-refractivity contribution in [2.45, 2.75) is 18.8 Å². The lowest BCUT2D eigenvalue weighted by Crippen LogP contribution is -2.28. The maximum atomic E-state index is 13.5. The second-order valence-corrected chi connectivity index (χ2v) is 5.92. The number of hydrogen-bond donors (Lipinski definition) is 2. The fraction of sp³-hybridized carbons (Fsp3) is 0.278. The van der Waals surface area contributed by atoms with Crippen LogP contribution in [0.5, 0.6) is 0 Å². The van der Waals surface area contributed by atoms with Crippen LogP contribution in [-0.2, 0) is 0 Å². The summed E-state index contributed by atoms with van der Waals surface area (Å²) in [6, 6.07) is 13.6. The average molecular weight is 315 g/mol. The highest BCUT2D eigenvalue weighted by Crippen LogP contribution is 2.41. The highest BCUT2D eigenvalue weighted by Gasteiger charge is 2.29. The van der Waals surface area contributed by atoms with Crippen molar-refractivity contribution in [3.63, 3.8) is 0 Å². The van der Waals surface area contributed by atoms with Crippen LogP contribution in [0.3, 0.4) is 0 Å². The van der Waals surface area contributed by atoms with Gasteiger partial charge in [-0.05, 0) is 42.4 Å². The van der Waals surface area contributed by atoms with Crippen LogP contribution < -0.4 is 11.1 Å². The first-order chi connectivity index (χ1) is 11.1. The Labute approximate surface area is 134 Å². The lowest BCUT2D eigenvalue weighted by atomic mass is 9.71.